The van der Waals surface area contributed by atoms with Crippen molar-refractivity contribution in [3.05, 3.63) is 60.1 Å². The minimum absolute atomic E-state index is 0.857. The van der Waals surface area contributed by atoms with Crippen molar-refractivity contribution in [2.45, 2.75) is 0 Å². The maximum Gasteiger partial charge on any atom is 0.126 e. The molecule has 2 heterocycles. The zero-order valence-electron chi connectivity index (χ0n) is 12.0. The van der Waals surface area contributed by atoms with Gasteiger partial charge in [0.2, 0.25) is 0 Å². The molecule has 1 N–H and O–H groups in total. The van der Waals surface area contributed by atoms with Crippen molar-refractivity contribution in [3.63, 3.8) is 0 Å². The number of ether oxygens (including phenoxy) is 1. The Labute approximate surface area is 132 Å². The van der Waals surface area contributed by atoms with Gasteiger partial charge in [0.25, 0.3) is 0 Å². The van der Waals surface area contributed by atoms with Crippen molar-refractivity contribution in [1.29, 1.82) is 0 Å². The number of nitrogens with one attached hydrogen (secondary N) is 1. The van der Waals surface area contributed by atoms with Gasteiger partial charge in [-0.05, 0) is 30.3 Å². The summed E-state index contributed by atoms with van der Waals surface area (Å²) in [6.45, 7) is 0. The Morgan fingerprint density at radius 3 is 2.68 bits per heavy atom. The van der Waals surface area contributed by atoms with E-state index in [1.807, 2.05) is 36.5 Å². The van der Waals surface area contributed by atoms with E-state index >= 15 is 0 Å². The lowest BCUT2D eigenvalue weighted by molar-refractivity contribution is 0.415. The van der Waals surface area contributed by atoms with Crippen molar-refractivity contribution in [3.8, 4) is 27.6 Å². The average molecular weight is 306 g/mol. The molecule has 0 amide bonds. The van der Waals surface area contributed by atoms with Gasteiger partial charge < -0.3 is 9.72 Å². The summed E-state index contributed by atoms with van der Waals surface area (Å²) in [6.07, 6.45) is 2.03. The van der Waals surface area contributed by atoms with Crippen LogP contribution >= 0.6 is 11.3 Å². The van der Waals surface area contributed by atoms with Gasteiger partial charge in [-0.1, -0.05) is 18.2 Å². The number of H-pyrrole nitrogens is 1. The minimum atomic E-state index is 0.857. The summed E-state index contributed by atoms with van der Waals surface area (Å²) in [5, 5.41) is 4.33. The summed E-state index contributed by atoms with van der Waals surface area (Å²) in [7, 11) is 1.67. The molecule has 0 unspecified atom stereocenters. The number of nitrogens with zero attached hydrogens (tertiary/aromatic N) is 1. The first kappa shape index (κ1) is 13.1. The molecule has 0 fully saturated rings. The van der Waals surface area contributed by atoms with Crippen LogP contribution < -0.4 is 4.74 Å². The topological polar surface area (TPSA) is 37.9 Å². The quantitative estimate of drug-likeness (QED) is 0.580. The predicted molar refractivity (Wildman–Crippen MR) is 91.4 cm³/mol. The van der Waals surface area contributed by atoms with Gasteiger partial charge in [-0.25, -0.2) is 4.98 Å². The highest BCUT2D eigenvalue weighted by atomic mass is 32.1. The molecular formula is C18H14N2OS. The number of hydrogen-bond acceptors (Lipinski definition) is 3. The molecule has 4 aromatic rings. The zero-order chi connectivity index (χ0) is 14.9. The van der Waals surface area contributed by atoms with Crippen LogP contribution in [0.4, 0.5) is 0 Å². The van der Waals surface area contributed by atoms with E-state index in [1.54, 1.807) is 18.4 Å². The highest BCUT2D eigenvalue weighted by Gasteiger charge is 2.11. The van der Waals surface area contributed by atoms with E-state index in [1.165, 1.54) is 5.39 Å². The molecule has 22 heavy (non-hydrogen) atoms. The molecule has 0 spiro atoms. The lowest BCUT2D eigenvalue weighted by Gasteiger charge is -2.00. The zero-order valence-corrected chi connectivity index (χ0v) is 12.9. The van der Waals surface area contributed by atoms with Crippen LogP contribution in [0.15, 0.2) is 60.1 Å². The number of rotatable bonds is 3. The molecule has 4 heteroatoms. The summed E-state index contributed by atoms with van der Waals surface area (Å²) < 4.78 is 5.20. The number of methoxy groups -OCH3 is 1. The van der Waals surface area contributed by atoms with Crippen LogP contribution in [-0.4, -0.2) is 17.1 Å². The fourth-order valence-corrected chi connectivity index (χ4v) is 3.40. The van der Waals surface area contributed by atoms with Gasteiger partial charge in [0.1, 0.15) is 10.8 Å². The lowest BCUT2D eigenvalue weighted by Crippen LogP contribution is -1.83. The highest BCUT2D eigenvalue weighted by Crippen LogP contribution is 2.33. The van der Waals surface area contributed by atoms with Crippen LogP contribution in [0.25, 0.3) is 32.7 Å². The molecule has 108 valence electrons. The number of hydrogen-bond donors (Lipinski definition) is 1. The first-order valence-electron chi connectivity index (χ1n) is 7.01. The van der Waals surface area contributed by atoms with Crippen LogP contribution in [0.3, 0.4) is 0 Å². The molecule has 0 saturated heterocycles. The van der Waals surface area contributed by atoms with Crippen molar-refractivity contribution in [1.82, 2.24) is 9.97 Å². The van der Waals surface area contributed by atoms with Gasteiger partial charge >= 0.3 is 0 Å². The molecule has 0 bridgehead atoms. The van der Waals surface area contributed by atoms with Crippen LogP contribution in [-0.2, 0) is 0 Å². The Morgan fingerprint density at radius 1 is 1.05 bits per heavy atom. The number of aromatic amines is 1. The Kier molecular flexibility index (Phi) is 3.16. The third-order valence-electron chi connectivity index (χ3n) is 3.71. The van der Waals surface area contributed by atoms with Gasteiger partial charge in [0.05, 0.1) is 12.8 Å². The van der Waals surface area contributed by atoms with Gasteiger partial charge in [-0.3, -0.25) is 0 Å². The van der Waals surface area contributed by atoms with Crippen LogP contribution in [0.5, 0.6) is 5.75 Å². The largest absolute Gasteiger partial charge is 0.497 e. The Morgan fingerprint density at radius 2 is 1.86 bits per heavy atom. The number of aromatic nitrogens is 2. The second kappa shape index (κ2) is 5.31. The van der Waals surface area contributed by atoms with E-state index in [2.05, 4.69) is 28.6 Å². The number of thiazole rings is 1. The Balaban J connectivity index is 1.74. The van der Waals surface area contributed by atoms with E-state index in [-0.39, 0.29) is 0 Å². The molecule has 0 radical (unpaired) electrons. The Hall–Kier alpha value is -2.59. The maximum atomic E-state index is 5.20. The number of para-hydroxylation sites is 1. The molecule has 0 aliphatic rings. The van der Waals surface area contributed by atoms with E-state index < -0.39 is 0 Å². The number of benzene rings is 2. The second-order valence-electron chi connectivity index (χ2n) is 5.01. The van der Waals surface area contributed by atoms with Crippen LogP contribution in [0.1, 0.15) is 0 Å². The maximum absolute atomic E-state index is 5.20. The van der Waals surface area contributed by atoms with E-state index in [0.29, 0.717) is 0 Å². The monoisotopic (exact) mass is 306 g/mol. The highest BCUT2D eigenvalue weighted by molar-refractivity contribution is 7.13. The predicted octanol–water partition coefficient (Wildman–Crippen LogP) is 4.97. The summed E-state index contributed by atoms with van der Waals surface area (Å²) in [6, 6.07) is 16.3. The second-order valence-corrected chi connectivity index (χ2v) is 5.87. The molecule has 2 aromatic carbocycles. The first-order chi connectivity index (χ1) is 10.8. The molecule has 0 aliphatic carbocycles. The van der Waals surface area contributed by atoms with Gasteiger partial charge in [-0.2, -0.15) is 0 Å². The van der Waals surface area contributed by atoms with Gasteiger partial charge in [0.15, 0.2) is 0 Å². The van der Waals surface area contributed by atoms with E-state index in [0.717, 1.165) is 33.1 Å². The summed E-state index contributed by atoms with van der Waals surface area (Å²) in [5.74, 6) is 0.857. The molecule has 4 rings (SSSR count). The first-order valence-corrected chi connectivity index (χ1v) is 7.89. The molecule has 3 nitrogen and oxygen atoms in total. The molecule has 2 aromatic heterocycles. The van der Waals surface area contributed by atoms with Crippen LogP contribution in [0, 0.1) is 0 Å². The molecule has 0 atom stereocenters. The van der Waals surface area contributed by atoms with Crippen molar-refractivity contribution in [2.75, 3.05) is 7.11 Å². The fraction of sp³-hybridized carbons (Fsp3) is 0.0556. The van der Waals surface area contributed by atoms with Crippen molar-refractivity contribution >= 4 is 22.2 Å². The minimum Gasteiger partial charge on any atom is -0.497 e. The third kappa shape index (κ3) is 2.18. The normalized spacial score (nSPS) is 11.0. The van der Waals surface area contributed by atoms with Crippen molar-refractivity contribution < 1.29 is 4.74 Å². The average Bonchev–Trinajstić information content (AvgIpc) is 3.21. The van der Waals surface area contributed by atoms with Gasteiger partial charge in [0, 0.05) is 33.6 Å². The summed E-state index contributed by atoms with van der Waals surface area (Å²) >= 11 is 1.66. The van der Waals surface area contributed by atoms with Crippen LogP contribution in [0.2, 0.25) is 0 Å². The molecule has 0 aliphatic heterocycles. The third-order valence-corrected chi connectivity index (χ3v) is 4.59. The van der Waals surface area contributed by atoms with Gasteiger partial charge in [-0.15, -0.1) is 11.3 Å². The molecule has 0 saturated carbocycles. The molecular weight excluding hydrogens is 292 g/mol. The summed E-state index contributed by atoms with van der Waals surface area (Å²) in [4.78, 5) is 8.09. The standard InChI is InChI=1S/C18H14N2OS/c1-21-13-8-6-12(7-9-13)17-11-22-18(20-17)15-10-19-16-5-3-2-4-14(15)16/h2-11,19H,1H3. The summed E-state index contributed by atoms with van der Waals surface area (Å²) in [5.41, 5.74) is 4.38. The van der Waals surface area contributed by atoms with E-state index in [4.69, 9.17) is 9.72 Å². The number of fused-ring (bicyclic) bond motifs is 1. The fourth-order valence-electron chi connectivity index (χ4n) is 2.54. The Bertz CT molecular complexity index is 922. The SMILES string of the molecule is COc1ccc(-c2csc(-c3c[nH]c4ccccc34)n2)cc1. The lowest BCUT2D eigenvalue weighted by atomic mass is 10.1. The van der Waals surface area contributed by atoms with Crippen molar-refractivity contribution in [2.24, 2.45) is 0 Å². The smallest absolute Gasteiger partial charge is 0.126 e. The van der Waals surface area contributed by atoms with E-state index in [9.17, 15) is 0 Å².